The van der Waals surface area contributed by atoms with Gasteiger partial charge in [-0.2, -0.15) is 0 Å². The summed E-state index contributed by atoms with van der Waals surface area (Å²) in [6.07, 6.45) is 18.6. The van der Waals surface area contributed by atoms with Crippen LogP contribution < -0.4 is 0 Å². The number of fused-ring (bicyclic) bond motifs is 3. The average Bonchev–Trinajstić information content (AvgIpc) is 2.88. The first-order valence-electron chi connectivity index (χ1n) is 11.3. The van der Waals surface area contributed by atoms with Gasteiger partial charge in [-0.1, -0.05) is 59.1 Å². The summed E-state index contributed by atoms with van der Waals surface area (Å²) in [4.78, 5) is 0. The molecule has 0 aromatic carbocycles. The quantitative estimate of drug-likeness (QED) is 0.546. The molecule has 3 rings (SSSR count). The van der Waals surface area contributed by atoms with Crippen LogP contribution in [0.25, 0.3) is 0 Å². The molecule has 144 valence electrons. The lowest BCUT2D eigenvalue weighted by Gasteiger charge is -2.55. The molecule has 0 aromatic heterocycles. The molecule has 0 unspecified atom stereocenters. The second-order valence-electron chi connectivity index (χ2n) is 10.4. The van der Waals surface area contributed by atoms with Gasteiger partial charge >= 0.3 is 0 Å². The third kappa shape index (κ3) is 3.73. The number of hydrogen-bond donors (Lipinski definition) is 1. The molecular weight excluding hydrogens is 304 g/mol. The van der Waals surface area contributed by atoms with Gasteiger partial charge in [0.25, 0.3) is 0 Å². The van der Waals surface area contributed by atoms with Crippen molar-refractivity contribution in [3.05, 3.63) is 12.2 Å². The Morgan fingerprint density at radius 1 is 1.04 bits per heavy atom. The predicted molar refractivity (Wildman–Crippen MR) is 107 cm³/mol. The van der Waals surface area contributed by atoms with Crippen molar-refractivity contribution in [3.8, 4) is 0 Å². The standard InChI is InChI=1S/C24H42O/c1-18(2)10-9-11-19(3)21-13-14-22-23(21,4)17-15-20-12-7-5-6-8-16-24(20,22)25/h6,8,18-22,25H,5,7,9-17H2,1-4H3/b8-6-/t19-,20-,21-,22-,23-,24+/m1/s1. The fraction of sp³-hybridized carbons (Fsp3) is 0.917. The molecule has 0 bridgehead atoms. The maximum absolute atomic E-state index is 11.8. The molecule has 25 heavy (non-hydrogen) atoms. The second kappa shape index (κ2) is 7.75. The minimum Gasteiger partial charge on any atom is -0.389 e. The Kier molecular flexibility index (Phi) is 6.03. The molecule has 0 aliphatic heterocycles. The smallest absolute Gasteiger partial charge is 0.0743 e. The van der Waals surface area contributed by atoms with Crippen molar-refractivity contribution in [1.29, 1.82) is 0 Å². The summed E-state index contributed by atoms with van der Waals surface area (Å²) in [5, 5.41) is 11.8. The van der Waals surface area contributed by atoms with E-state index >= 15 is 0 Å². The monoisotopic (exact) mass is 346 g/mol. The highest BCUT2D eigenvalue weighted by molar-refractivity contribution is 5.12. The Balaban J connectivity index is 1.73. The van der Waals surface area contributed by atoms with Crippen LogP contribution in [-0.4, -0.2) is 10.7 Å². The lowest BCUT2D eigenvalue weighted by atomic mass is 9.53. The molecule has 0 amide bonds. The molecule has 0 saturated heterocycles. The van der Waals surface area contributed by atoms with Gasteiger partial charge in [0, 0.05) is 0 Å². The predicted octanol–water partition coefficient (Wildman–Crippen LogP) is 6.75. The SMILES string of the molecule is CC(C)CCC[C@@H](C)[C@H]1CC[C@@H]2[C@]1(C)CC[C@H]1CCC/C=C\C[C@]12O. The van der Waals surface area contributed by atoms with Crippen molar-refractivity contribution in [2.24, 2.45) is 35.0 Å². The van der Waals surface area contributed by atoms with Crippen molar-refractivity contribution in [2.75, 3.05) is 0 Å². The summed E-state index contributed by atoms with van der Waals surface area (Å²) in [7, 11) is 0. The summed E-state index contributed by atoms with van der Waals surface area (Å²) < 4.78 is 0. The molecule has 6 atom stereocenters. The average molecular weight is 347 g/mol. The van der Waals surface area contributed by atoms with Crippen LogP contribution in [-0.2, 0) is 0 Å². The van der Waals surface area contributed by atoms with E-state index in [1.54, 1.807) is 0 Å². The Bertz CT molecular complexity index is 467. The van der Waals surface area contributed by atoms with Crippen molar-refractivity contribution in [2.45, 2.75) is 104 Å². The summed E-state index contributed by atoms with van der Waals surface area (Å²) in [6, 6.07) is 0. The Morgan fingerprint density at radius 3 is 2.60 bits per heavy atom. The zero-order chi connectivity index (χ0) is 18.1. The highest BCUT2D eigenvalue weighted by Crippen LogP contribution is 2.63. The molecule has 0 spiro atoms. The summed E-state index contributed by atoms with van der Waals surface area (Å²) in [6.45, 7) is 9.74. The minimum absolute atomic E-state index is 0.371. The highest BCUT2D eigenvalue weighted by Gasteiger charge is 2.60. The number of rotatable bonds is 5. The molecule has 0 aromatic rings. The lowest BCUT2D eigenvalue weighted by molar-refractivity contribution is -0.148. The van der Waals surface area contributed by atoms with Crippen molar-refractivity contribution < 1.29 is 5.11 Å². The van der Waals surface area contributed by atoms with Crippen LogP contribution in [0, 0.1) is 35.0 Å². The number of allylic oxidation sites excluding steroid dienone is 1. The van der Waals surface area contributed by atoms with Gasteiger partial charge in [0.15, 0.2) is 0 Å². The van der Waals surface area contributed by atoms with E-state index in [4.69, 9.17) is 0 Å². The van der Waals surface area contributed by atoms with E-state index in [2.05, 4.69) is 39.8 Å². The van der Waals surface area contributed by atoms with Crippen LogP contribution in [0.15, 0.2) is 12.2 Å². The molecule has 3 aliphatic rings. The zero-order valence-electron chi connectivity index (χ0n) is 17.3. The van der Waals surface area contributed by atoms with E-state index < -0.39 is 5.60 Å². The van der Waals surface area contributed by atoms with Crippen molar-refractivity contribution >= 4 is 0 Å². The molecule has 0 heterocycles. The fourth-order valence-corrected chi connectivity index (χ4v) is 7.02. The molecule has 2 saturated carbocycles. The normalized spacial score (nSPS) is 43.8. The van der Waals surface area contributed by atoms with E-state index in [0.29, 0.717) is 17.3 Å². The van der Waals surface area contributed by atoms with Crippen LogP contribution in [0.4, 0.5) is 0 Å². The minimum atomic E-state index is -0.420. The van der Waals surface area contributed by atoms with Crippen molar-refractivity contribution in [3.63, 3.8) is 0 Å². The molecule has 1 N–H and O–H groups in total. The number of aliphatic hydroxyl groups is 1. The van der Waals surface area contributed by atoms with Gasteiger partial charge in [0.2, 0.25) is 0 Å². The van der Waals surface area contributed by atoms with E-state index in [-0.39, 0.29) is 0 Å². The fourth-order valence-electron chi connectivity index (χ4n) is 7.02. The molecule has 3 aliphatic carbocycles. The van der Waals surface area contributed by atoms with Crippen LogP contribution in [0.2, 0.25) is 0 Å². The summed E-state index contributed by atoms with van der Waals surface area (Å²) in [5.74, 6) is 3.55. The van der Waals surface area contributed by atoms with Crippen LogP contribution in [0.5, 0.6) is 0 Å². The largest absolute Gasteiger partial charge is 0.389 e. The van der Waals surface area contributed by atoms with Crippen LogP contribution >= 0.6 is 0 Å². The van der Waals surface area contributed by atoms with Gasteiger partial charge in [-0.05, 0) is 86.4 Å². The Morgan fingerprint density at radius 2 is 1.84 bits per heavy atom. The Hall–Kier alpha value is -0.300. The second-order valence-corrected chi connectivity index (χ2v) is 10.4. The van der Waals surface area contributed by atoms with E-state index in [1.807, 2.05) is 0 Å². The molecule has 1 heteroatoms. The molecule has 0 radical (unpaired) electrons. The first-order valence-corrected chi connectivity index (χ1v) is 11.3. The highest BCUT2D eigenvalue weighted by atomic mass is 16.3. The number of hydrogen-bond acceptors (Lipinski definition) is 1. The lowest BCUT2D eigenvalue weighted by Crippen LogP contribution is -2.55. The van der Waals surface area contributed by atoms with Gasteiger partial charge in [-0.25, -0.2) is 0 Å². The van der Waals surface area contributed by atoms with Crippen molar-refractivity contribution in [1.82, 2.24) is 0 Å². The maximum atomic E-state index is 11.8. The van der Waals surface area contributed by atoms with Gasteiger partial charge in [-0.3, -0.25) is 0 Å². The topological polar surface area (TPSA) is 20.2 Å². The summed E-state index contributed by atoms with van der Waals surface area (Å²) in [5.41, 5.74) is -0.0497. The third-order valence-corrected chi connectivity index (χ3v) is 8.41. The van der Waals surface area contributed by atoms with E-state index in [1.165, 1.54) is 64.2 Å². The van der Waals surface area contributed by atoms with E-state index in [0.717, 1.165) is 24.2 Å². The first-order chi connectivity index (χ1) is 11.9. The summed E-state index contributed by atoms with van der Waals surface area (Å²) >= 11 is 0. The molecular formula is C24H42O. The molecule has 1 nitrogen and oxygen atoms in total. The third-order valence-electron chi connectivity index (χ3n) is 8.41. The van der Waals surface area contributed by atoms with Gasteiger partial charge in [0.05, 0.1) is 5.60 Å². The Labute approximate surface area is 156 Å². The van der Waals surface area contributed by atoms with Gasteiger partial charge in [-0.15, -0.1) is 0 Å². The van der Waals surface area contributed by atoms with Gasteiger partial charge < -0.3 is 5.11 Å². The maximum Gasteiger partial charge on any atom is 0.0743 e. The van der Waals surface area contributed by atoms with Crippen LogP contribution in [0.3, 0.4) is 0 Å². The van der Waals surface area contributed by atoms with E-state index in [9.17, 15) is 5.11 Å². The van der Waals surface area contributed by atoms with Gasteiger partial charge in [0.1, 0.15) is 0 Å². The van der Waals surface area contributed by atoms with Crippen LogP contribution in [0.1, 0.15) is 98.3 Å². The first kappa shape index (κ1) is 19.5. The zero-order valence-corrected chi connectivity index (χ0v) is 17.3. The molecule has 2 fully saturated rings.